The minimum absolute atomic E-state index is 0.0850. The first-order valence-electron chi connectivity index (χ1n) is 6.83. The molecule has 0 saturated heterocycles. The van der Waals surface area contributed by atoms with Crippen LogP contribution in [0.15, 0.2) is 36.2 Å². The molecule has 0 heterocycles. The van der Waals surface area contributed by atoms with Crippen LogP contribution in [0.3, 0.4) is 0 Å². The first-order chi connectivity index (χ1) is 9.73. The zero-order chi connectivity index (χ0) is 16.0. The van der Waals surface area contributed by atoms with Crippen LogP contribution in [0, 0.1) is 0 Å². The highest BCUT2D eigenvalue weighted by Crippen LogP contribution is 2.14. The van der Waals surface area contributed by atoms with Crippen LogP contribution < -0.4 is 15.8 Å². The van der Waals surface area contributed by atoms with Gasteiger partial charge in [0.15, 0.2) is 0 Å². The Morgan fingerprint density at radius 3 is 2.38 bits per heavy atom. The summed E-state index contributed by atoms with van der Waals surface area (Å²) in [7, 11) is 0. The first kappa shape index (κ1) is 17.2. The van der Waals surface area contributed by atoms with Crippen LogP contribution in [-0.2, 0) is 0 Å². The highest BCUT2D eigenvalue weighted by atomic mass is 19.1. The zero-order valence-corrected chi connectivity index (χ0v) is 12.9. The van der Waals surface area contributed by atoms with Gasteiger partial charge < -0.3 is 15.8 Å². The van der Waals surface area contributed by atoms with E-state index in [1.54, 1.807) is 31.2 Å². The van der Waals surface area contributed by atoms with E-state index in [0.717, 1.165) is 0 Å². The van der Waals surface area contributed by atoms with Crippen LogP contribution in [0.5, 0.6) is 5.75 Å². The third-order valence-corrected chi connectivity index (χ3v) is 2.74. The standard InChI is InChI=1S/C16H23FN2O2/c1-11(18)13(9-17)10-21-14-7-5-12(6-8-14)15(20)19-16(2,3)4/h5-9,11H,10,18H2,1-4H3,(H,19,20)/b13-9+/t11-/m1/s1. The number of nitrogens with two attached hydrogens (primary N) is 1. The molecule has 0 aliphatic heterocycles. The van der Waals surface area contributed by atoms with E-state index < -0.39 is 6.04 Å². The van der Waals surface area contributed by atoms with Gasteiger partial charge in [0.2, 0.25) is 0 Å². The molecule has 1 atom stereocenters. The van der Waals surface area contributed by atoms with Crippen LogP contribution >= 0.6 is 0 Å². The van der Waals surface area contributed by atoms with Crippen molar-refractivity contribution in [1.29, 1.82) is 0 Å². The molecule has 0 spiro atoms. The Balaban J connectivity index is 2.64. The molecule has 0 aliphatic carbocycles. The minimum atomic E-state index is -0.396. The number of rotatable bonds is 5. The first-order valence-corrected chi connectivity index (χ1v) is 6.83. The Morgan fingerprint density at radius 2 is 1.95 bits per heavy atom. The second-order valence-electron chi connectivity index (χ2n) is 5.99. The monoisotopic (exact) mass is 294 g/mol. The Morgan fingerprint density at radius 1 is 1.38 bits per heavy atom. The van der Waals surface area contributed by atoms with Crippen LogP contribution in [-0.4, -0.2) is 24.1 Å². The van der Waals surface area contributed by atoms with Crippen molar-refractivity contribution >= 4 is 5.91 Å². The summed E-state index contributed by atoms with van der Waals surface area (Å²) in [5, 5.41) is 2.87. The van der Waals surface area contributed by atoms with Crippen molar-refractivity contribution in [2.24, 2.45) is 5.73 Å². The maximum absolute atomic E-state index is 12.6. The van der Waals surface area contributed by atoms with E-state index in [9.17, 15) is 9.18 Å². The third-order valence-electron chi connectivity index (χ3n) is 2.74. The van der Waals surface area contributed by atoms with Gasteiger partial charge in [-0.05, 0) is 52.0 Å². The van der Waals surface area contributed by atoms with Gasteiger partial charge >= 0.3 is 0 Å². The van der Waals surface area contributed by atoms with Crippen molar-refractivity contribution in [1.82, 2.24) is 5.32 Å². The Labute approximate surface area is 125 Å². The average Bonchev–Trinajstić information content (AvgIpc) is 2.37. The second-order valence-corrected chi connectivity index (χ2v) is 5.99. The number of benzene rings is 1. The summed E-state index contributed by atoms with van der Waals surface area (Å²) in [5.41, 5.74) is 6.23. The second kappa shape index (κ2) is 7.22. The molecular formula is C16H23FN2O2. The van der Waals surface area contributed by atoms with E-state index in [-0.39, 0.29) is 18.1 Å². The summed E-state index contributed by atoms with van der Waals surface area (Å²) in [5.74, 6) is 0.413. The minimum Gasteiger partial charge on any atom is -0.489 e. The molecule has 116 valence electrons. The largest absolute Gasteiger partial charge is 0.489 e. The summed E-state index contributed by atoms with van der Waals surface area (Å²) in [6.07, 6.45) is 0.468. The molecule has 0 saturated carbocycles. The van der Waals surface area contributed by atoms with Gasteiger partial charge in [-0.3, -0.25) is 4.79 Å². The SMILES string of the molecule is C[C@@H](N)/C(=C/F)COc1ccc(C(=O)NC(C)(C)C)cc1. The fraction of sp³-hybridized carbons (Fsp3) is 0.438. The molecule has 0 fully saturated rings. The lowest BCUT2D eigenvalue weighted by Gasteiger charge is -2.20. The third kappa shape index (κ3) is 5.95. The van der Waals surface area contributed by atoms with E-state index in [1.165, 1.54) is 0 Å². The maximum Gasteiger partial charge on any atom is 0.251 e. The Hall–Kier alpha value is -1.88. The summed E-state index contributed by atoms with van der Waals surface area (Å²) in [6.45, 7) is 7.53. The van der Waals surface area contributed by atoms with Gasteiger partial charge in [0.25, 0.3) is 5.91 Å². The normalized spacial score (nSPS) is 13.7. The fourth-order valence-corrected chi connectivity index (χ4v) is 1.54. The maximum atomic E-state index is 12.6. The van der Waals surface area contributed by atoms with Gasteiger partial charge in [-0.1, -0.05) is 0 Å². The summed E-state index contributed by atoms with van der Waals surface area (Å²) in [4.78, 5) is 11.9. The van der Waals surface area contributed by atoms with Crippen LogP contribution in [0.2, 0.25) is 0 Å². The predicted octanol–water partition coefficient (Wildman–Crippen LogP) is 2.79. The summed E-state index contributed by atoms with van der Waals surface area (Å²) in [6, 6.07) is 6.29. The molecule has 1 rings (SSSR count). The van der Waals surface area contributed by atoms with Gasteiger partial charge in [0.05, 0.1) is 6.33 Å². The van der Waals surface area contributed by atoms with Gasteiger partial charge in [0.1, 0.15) is 12.4 Å². The van der Waals surface area contributed by atoms with Crippen LogP contribution in [0.25, 0.3) is 0 Å². The molecule has 1 aromatic rings. The average molecular weight is 294 g/mol. The van der Waals surface area contributed by atoms with Crippen LogP contribution in [0.4, 0.5) is 4.39 Å². The fourth-order valence-electron chi connectivity index (χ4n) is 1.54. The number of carbonyl (C=O) groups is 1. The molecule has 3 N–H and O–H groups in total. The Kier molecular flexibility index (Phi) is 5.90. The van der Waals surface area contributed by atoms with Crippen molar-refractivity contribution < 1.29 is 13.9 Å². The van der Waals surface area contributed by atoms with E-state index in [0.29, 0.717) is 23.2 Å². The highest BCUT2D eigenvalue weighted by molar-refractivity contribution is 5.94. The number of amides is 1. The topological polar surface area (TPSA) is 64.3 Å². The molecule has 4 nitrogen and oxygen atoms in total. The molecule has 5 heteroatoms. The predicted molar refractivity (Wildman–Crippen MR) is 82.0 cm³/mol. The van der Waals surface area contributed by atoms with E-state index in [2.05, 4.69) is 5.32 Å². The molecule has 0 unspecified atom stereocenters. The lowest BCUT2D eigenvalue weighted by molar-refractivity contribution is 0.0919. The smallest absolute Gasteiger partial charge is 0.251 e. The van der Waals surface area contributed by atoms with E-state index in [4.69, 9.17) is 10.5 Å². The molecule has 1 aromatic carbocycles. The van der Waals surface area contributed by atoms with Crippen molar-refractivity contribution in [3.05, 3.63) is 41.7 Å². The van der Waals surface area contributed by atoms with E-state index >= 15 is 0 Å². The molecule has 0 radical (unpaired) electrons. The molecule has 0 aliphatic rings. The van der Waals surface area contributed by atoms with Gasteiger partial charge in [-0.2, -0.15) is 0 Å². The van der Waals surface area contributed by atoms with Gasteiger partial charge in [0, 0.05) is 22.7 Å². The molecule has 0 aromatic heterocycles. The lowest BCUT2D eigenvalue weighted by Crippen LogP contribution is -2.40. The molecule has 1 amide bonds. The Bertz CT molecular complexity index is 502. The number of halogens is 1. The molecule has 0 bridgehead atoms. The highest BCUT2D eigenvalue weighted by Gasteiger charge is 2.15. The van der Waals surface area contributed by atoms with E-state index in [1.807, 2.05) is 20.8 Å². The van der Waals surface area contributed by atoms with Crippen molar-refractivity contribution in [3.8, 4) is 5.75 Å². The number of hydrogen-bond donors (Lipinski definition) is 2. The van der Waals surface area contributed by atoms with Crippen molar-refractivity contribution in [2.45, 2.75) is 39.3 Å². The number of hydrogen-bond acceptors (Lipinski definition) is 3. The van der Waals surface area contributed by atoms with Gasteiger partial charge in [-0.25, -0.2) is 4.39 Å². The summed E-state index contributed by atoms with van der Waals surface area (Å²) >= 11 is 0. The summed E-state index contributed by atoms with van der Waals surface area (Å²) < 4.78 is 18.0. The quantitative estimate of drug-likeness (QED) is 0.877. The molecular weight excluding hydrogens is 271 g/mol. The van der Waals surface area contributed by atoms with Crippen molar-refractivity contribution in [3.63, 3.8) is 0 Å². The molecule has 21 heavy (non-hydrogen) atoms. The van der Waals surface area contributed by atoms with Crippen molar-refractivity contribution in [2.75, 3.05) is 6.61 Å². The zero-order valence-electron chi connectivity index (χ0n) is 12.9. The number of ether oxygens (including phenoxy) is 1. The van der Waals surface area contributed by atoms with Crippen LogP contribution in [0.1, 0.15) is 38.1 Å². The number of nitrogens with one attached hydrogen (secondary N) is 1. The lowest BCUT2D eigenvalue weighted by atomic mass is 10.1. The van der Waals surface area contributed by atoms with Gasteiger partial charge in [-0.15, -0.1) is 0 Å². The number of carbonyl (C=O) groups excluding carboxylic acids is 1.